The topological polar surface area (TPSA) is 82.5 Å². The van der Waals surface area contributed by atoms with Crippen LogP contribution < -0.4 is 4.74 Å². The summed E-state index contributed by atoms with van der Waals surface area (Å²) in [5.74, 6) is -1.12. The highest BCUT2D eigenvalue weighted by molar-refractivity contribution is 5.72. The third-order valence-electron chi connectivity index (χ3n) is 1.26. The molecule has 1 aromatic rings. The molecular formula is C7H9NO4. The zero-order valence-corrected chi connectivity index (χ0v) is 6.50. The zero-order valence-electron chi connectivity index (χ0n) is 6.50. The molecule has 0 unspecified atom stereocenters. The molecule has 0 aliphatic carbocycles. The number of nitrogens with one attached hydrogen (secondary N) is 1. The predicted octanol–water partition coefficient (Wildman–Crippen LogP) is 0.741. The molecule has 5 nitrogen and oxygen atoms in total. The normalized spacial score (nSPS) is 9.75. The first-order valence-electron chi connectivity index (χ1n) is 3.45. The number of rotatable bonds is 2. The summed E-state index contributed by atoms with van der Waals surface area (Å²) in [5.41, 5.74) is 0. The van der Waals surface area contributed by atoms with Crippen molar-refractivity contribution < 1.29 is 19.7 Å². The van der Waals surface area contributed by atoms with Crippen LogP contribution in [0.5, 0.6) is 17.5 Å². The fourth-order valence-electron chi connectivity index (χ4n) is 0.684. The highest BCUT2D eigenvalue weighted by Gasteiger charge is 2.10. The first-order valence-corrected chi connectivity index (χ1v) is 3.45. The van der Waals surface area contributed by atoms with Crippen molar-refractivity contribution in [3.63, 3.8) is 0 Å². The predicted molar refractivity (Wildman–Crippen MR) is 40.0 cm³/mol. The number of carbonyl (C=O) groups is 1. The van der Waals surface area contributed by atoms with Gasteiger partial charge in [-0.3, -0.25) is 9.78 Å². The number of hydrogen-bond acceptors (Lipinski definition) is 4. The maximum Gasteiger partial charge on any atom is 0.311 e. The third kappa shape index (κ3) is 1.69. The third-order valence-corrected chi connectivity index (χ3v) is 1.26. The molecule has 5 heteroatoms. The van der Waals surface area contributed by atoms with Gasteiger partial charge in [-0.15, -0.1) is 0 Å². The molecule has 0 atom stereocenters. The molecule has 0 fully saturated rings. The van der Waals surface area contributed by atoms with Gasteiger partial charge in [0.25, 0.3) is 0 Å². The van der Waals surface area contributed by atoms with E-state index in [1.807, 2.05) is 0 Å². The summed E-state index contributed by atoms with van der Waals surface area (Å²) in [5, 5.41) is 17.8. The van der Waals surface area contributed by atoms with Crippen LogP contribution in [-0.2, 0) is 4.79 Å². The highest BCUT2D eigenvalue weighted by Crippen LogP contribution is 2.29. The molecule has 0 bridgehead atoms. The van der Waals surface area contributed by atoms with Gasteiger partial charge in [-0.2, -0.15) is 0 Å². The van der Waals surface area contributed by atoms with Crippen molar-refractivity contribution in [3.8, 4) is 17.5 Å². The van der Waals surface area contributed by atoms with Crippen LogP contribution in [0.15, 0.2) is 6.07 Å². The Bertz CT molecular complexity index is 292. The molecule has 12 heavy (non-hydrogen) atoms. The van der Waals surface area contributed by atoms with Crippen LogP contribution in [-0.4, -0.2) is 21.2 Å². The van der Waals surface area contributed by atoms with Gasteiger partial charge in [-0.25, -0.2) is 0 Å². The summed E-state index contributed by atoms with van der Waals surface area (Å²) in [6.45, 7) is 1.63. The lowest BCUT2D eigenvalue weighted by molar-refractivity contribution is -0.134. The van der Waals surface area contributed by atoms with Crippen molar-refractivity contribution in [2.45, 2.75) is 13.3 Å². The van der Waals surface area contributed by atoms with E-state index in [-0.39, 0.29) is 23.9 Å². The number of ether oxygens (including phenoxy) is 1. The first-order chi connectivity index (χ1) is 5.63. The Labute approximate surface area is 68.6 Å². The second-order valence-electron chi connectivity index (χ2n) is 2.20. The molecule has 0 amide bonds. The SMILES string of the molecule is CCC(=O)Oc1cc(O)[nH]c1O. The minimum absolute atomic E-state index is 0.0562. The molecule has 1 heterocycles. The summed E-state index contributed by atoms with van der Waals surface area (Å²) >= 11 is 0. The van der Waals surface area contributed by atoms with Crippen molar-refractivity contribution in [1.82, 2.24) is 4.98 Å². The van der Waals surface area contributed by atoms with Crippen molar-refractivity contribution in [2.75, 3.05) is 0 Å². The lowest BCUT2D eigenvalue weighted by atomic mass is 10.5. The van der Waals surface area contributed by atoms with Gasteiger partial charge in [0.1, 0.15) is 0 Å². The fraction of sp³-hybridized carbons (Fsp3) is 0.286. The smallest absolute Gasteiger partial charge is 0.311 e. The molecule has 0 spiro atoms. The molecule has 0 saturated carbocycles. The standard InChI is InChI=1S/C7H9NO4/c1-2-6(10)12-4-3-5(9)8-7(4)11/h3,8-9,11H,2H2,1H3. The van der Waals surface area contributed by atoms with Crippen LogP contribution in [0, 0.1) is 0 Å². The maximum absolute atomic E-state index is 10.7. The van der Waals surface area contributed by atoms with Gasteiger partial charge in [0.05, 0.1) is 0 Å². The molecule has 66 valence electrons. The lowest BCUT2D eigenvalue weighted by Gasteiger charge is -1.97. The van der Waals surface area contributed by atoms with Gasteiger partial charge in [-0.1, -0.05) is 6.92 Å². The van der Waals surface area contributed by atoms with Crippen molar-refractivity contribution in [1.29, 1.82) is 0 Å². The second kappa shape index (κ2) is 3.17. The largest absolute Gasteiger partial charge is 0.494 e. The fourth-order valence-corrected chi connectivity index (χ4v) is 0.684. The molecular weight excluding hydrogens is 162 g/mol. The van der Waals surface area contributed by atoms with Crippen LogP contribution in [0.1, 0.15) is 13.3 Å². The van der Waals surface area contributed by atoms with Gasteiger partial charge in [0.2, 0.25) is 5.88 Å². The van der Waals surface area contributed by atoms with E-state index in [0.717, 1.165) is 6.07 Å². The Balaban J connectivity index is 2.75. The first kappa shape index (κ1) is 8.45. The molecule has 0 aliphatic heterocycles. The van der Waals surface area contributed by atoms with E-state index in [4.69, 9.17) is 10.2 Å². The summed E-state index contributed by atoms with van der Waals surface area (Å²) in [6, 6.07) is 1.13. The average molecular weight is 171 g/mol. The van der Waals surface area contributed by atoms with Crippen LogP contribution in [0.4, 0.5) is 0 Å². The van der Waals surface area contributed by atoms with Crippen LogP contribution in [0.2, 0.25) is 0 Å². The number of esters is 1. The number of aromatic nitrogens is 1. The van der Waals surface area contributed by atoms with E-state index in [1.165, 1.54) is 0 Å². The van der Waals surface area contributed by atoms with E-state index in [1.54, 1.807) is 6.92 Å². The van der Waals surface area contributed by atoms with Crippen LogP contribution in [0.3, 0.4) is 0 Å². The van der Waals surface area contributed by atoms with E-state index in [0.29, 0.717) is 0 Å². The number of aromatic amines is 1. The molecule has 1 aromatic heterocycles. The summed E-state index contributed by atoms with van der Waals surface area (Å²) < 4.78 is 4.63. The van der Waals surface area contributed by atoms with Gasteiger partial charge < -0.3 is 14.9 Å². The average Bonchev–Trinajstić information content (AvgIpc) is 2.30. The van der Waals surface area contributed by atoms with Crippen molar-refractivity contribution in [2.24, 2.45) is 0 Å². The maximum atomic E-state index is 10.7. The molecule has 0 aromatic carbocycles. The molecule has 0 radical (unpaired) electrons. The summed E-state index contributed by atoms with van der Waals surface area (Å²) in [7, 11) is 0. The van der Waals surface area contributed by atoms with Gasteiger partial charge in [0, 0.05) is 12.5 Å². The number of H-pyrrole nitrogens is 1. The summed E-state index contributed by atoms with van der Waals surface area (Å²) in [6.07, 6.45) is 0.214. The van der Waals surface area contributed by atoms with Gasteiger partial charge >= 0.3 is 5.97 Å². The van der Waals surface area contributed by atoms with Gasteiger partial charge in [0.15, 0.2) is 11.6 Å². The quantitative estimate of drug-likeness (QED) is 0.573. The Hall–Kier alpha value is -1.65. The molecule has 1 rings (SSSR count). The Morgan fingerprint density at radius 3 is 2.75 bits per heavy atom. The molecule has 3 N–H and O–H groups in total. The second-order valence-corrected chi connectivity index (χ2v) is 2.20. The zero-order chi connectivity index (χ0) is 9.14. The lowest BCUT2D eigenvalue weighted by Crippen LogP contribution is -2.04. The summed E-state index contributed by atoms with van der Waals surface area (Å²) in [4.78, 5) is 12.9. The molecule has 0 saturated heterocycles. The van der Waals surface area contributed by atoms with E-state index in [9.17, 15) is 4.79 Å². The van der Waals surface area contributed by atoms with Crippen LogP contribution in [0.25, 0.3) is 0 Å². The van der Waals surface area contributed by atoms with E-state index >= 15 is 0 Å². The monoisotopic (exact) mass is 171 g/mol. The number of hydrogen-bond donors (Lipinski definition) is 3. The van der Waals surface area contributed by atoms with Crippen LogP contribution >= 0.6 is 0 Å². The highest BCUT2D eigenvalue weighted by atomic mass is 16.5. The Kier molecular flexibility index (Phi) is 2.23. The molecule has 0 aliphatic rings. The van der Waals surface area contributed by atoms with Gasteiger partial charge in [-0.05, 0) is 0 Å². The Morgan fingerprint density at radius 1 is 1.67 bits per heavy atom. The van der Waals surface area contributed by atoms with E-state index in [2.05, 4.69) is 9.72 Å². The number of aromatic hydroxyl groups is 2. The number of carbonyl (C=O) groups excluding carboxylic acids is 1. The minimum Gasteiger partial charge on any atom is -0.494 e. The van der Waals surface area contributed by atoms with Crippen molar-refractivity contribution >= 4 is 5.97 Å². The van der Waals surface area contributed by atoms with Crippen molar-refractivity contribution in [3.05, 3.63) is 6.07 Å². The Morgan fingerprint density at radius 2 is 2.33 bits per heavy atom. The minimum atomic E-state index is -0.468. The van der Waals surface area contributed by atoms with E-state index < -0.39 is 5.97 Å².